The average Bonchev–Trinajstić information content (AvgIpc) is 3.26. The van der Waals surface area contributed by atoms with Crippen molar-refractivity contribution in [1.82, 2.24) is 9.97 Å². The second kappa shape index (κ2) is 6.80. The van der Waals surface area contributed by atoms with E-state index in [0.29, 0.717) is 18.1 Å². The number of hydrogen-bond donors (Lipinski definition) is 1. The van der Waals surface area contributed by atoms with Crippen LogP contribution in [0.3, 0.4) is 0 Å². The lowest BCUT2D eigenvalue weighted by Crippen LogP contribution is -2.36. The van der Waals surface area contributed by atoms with Crippen molar-refractivity contribution in [2.75, 3.05) is 23.4 Å². The summed E-state index contributed by atoms with van der Waals surface area (Å²) >= 11 is 0. The van der Waals surface area contributed by atoms with E-state index >= 15 is 0 Å². The Morgan fingerprint density at radius 2 is 2.24 bits per heavy atom. The van der Waals surface area contributed by atoms with Crippen LogP contribution in [-0.2, 0) is 11.2 Å². The number of para-hydroxylation sites is 1. The highest BCUT2D eigenvalue weighted by Crippen LogP contribution is 2.32. The molecule has 0 aliphatic carbocycles. The Morgan fingerprint density at radius 3 is 3.08 bits per heavy atom. The van der Waals surface area contributed by atoms with Crippen LogP contribution >= 0.6 is 0 Å². The molecule has 2 unspecified atom stereocenters. The summed E-state index contributed by atoms with van der Waals surface area (Å²) in [4.78, 5) is 23.3. The van der Waals surface area contributed by atoms with Gasteiger partial charge in [0.1, 0.15) is 17.8 Å². The number of nitrogens with zero attached hydrogens (tertiary/aromatic N) is 3. The molecule has 0 spiro atoms. The van der Waals surface area contributed by atoms with Gasteiger partial charge in [0.05, 0.1) is 6.10 Å². The fourth-order valence-corrected chi connectivity index (χ4v) is 3.59. The molecule has 1 N–H and O–H groups in total. The zero-order valence-electron chi connectivity index (χ0n) is 14.3. The van der Waals surface area contributed by atoms with E-state index in [1.807, 2.05) is 23.1 Å². The van der Waals surface area contributed by atoms with Crippen LogP contribution in [0.4, 0.5) is 11.5 Å². The van der Waals surface area contributed by atoms with E-state index in [9.17, 15) is 4.79 Å². The molecule has 0 bridgehead atoms. The average molecular weight is 338 g/mol. The van der Waals surface area contributed by atoms with Crippen molar-refractivity contribution in [3.63, 3.8) is 0 Å². The third kappa shape index (κ3) is 3.22. The van der Waals surface area contributed by atoms with Crippen molar-refractivity contribution in [2.24, 2.45) is 0 Å². The van der Waals surface area contributed by atoms with E-state index < -0.39 is 0 Å². The largest absolute Gasteiger partial charge is 0.376 e. The number of fused-ring (bicyclic) bond motifs is 1. The highest BCUT2D eigenvalue weighted by molar-refractivity contribution is 6.06. The summed E-state index contributed by atoms with van der Waals surface area (Å²) in [6.07, 6.45) is 4.70. The van der Waals surface area contributed by atoms with Crippen molar-refractivity contribution in [3.05, 3.63) is 47.9 Å². The number of benzene rings is 1. The molecule has 25 heavy (non-hydrogen) atoms. The summed E-state index contributed by atoms with van der Waals surface area (Å²) in [5.41, 5.74) is 2.59. The van der Waals surface area contributed by atoms with Crippen LogP contribution in [0.25, 0.3) is 0 Å². The highest BCUT2D eigenvalue weighted by Gasteiger charge is 2.32. The smallest absolute Gasteiger partial charge is 0.277 e. The van der Waals surface area contributed by atoms with Crippen molar-refractivity contribution in [3.8, 4) is 0 Å². The third-order valence-electron chi connectivity index (χ3n) is 4.85. The number of carbonyl (C=O) groups excluding carboxylic acids is 1. The van der Waals surface area contributed by atoms with Gasteiger partial charge in [0, 0.05) is 30.9 Å². The molecule has 3 heterocycles. The van der Waals surface area contributed by atoms with E-state index in [0.717, 1.165) is 31.6 Å². The monoisotopic (exact) mass is 338 g/mol. The Labute approximate surface area is 147 Å². The van der Waals surface area contributed by atoms with Gasteiger partial charge in [0.15, 0.2) is 0 Å². The number of hydrogen-bond acceptors (Lipinski definition) is 5. The first-order chi connectivity index (χ1) is 12.2. The fourth-order valence-electron chi connectivity index (χ4n) is 3.59. The second-order valence-electron chi connectivity index (χ2n) is 6.66. The molecule has 4 rings (SSSR count). The quantitative estimate of drug-likeness (QED) is 0.928. The van der Waals surface area contributed by atoms with Crippen molar-refractivity contribution in [1.29, 1.82) is 0 Å². The topological polar surface area (TPSA) is 67.4 Å². The summed E-state index contributed by atoms with van der Waals surface area (Å²) in [7, 11) is 0. The first-order valence-electron chi connectivity index (χ1n) is 8.81. The molecule has 130 valence electrons. The molecule has 1 saturated heterocycles. The predicted molar refractivity (Wildman–Crippen MR) is 95.9 cm³/mol. The number of aromatic nitrogens is 2. The van der Waals surface area contributed by atoms with E-state index in [1.54, 1.807) is 6.07 Å². The van der Waals surface area contributed by atoms with Crippen molar-refractivity contribution in [2.45, 2.75) is 38.3 Å². The third-order valence-corrected chi connectivity index (χ3v) is 4.85. The van der Waals surface area contributed by atoms with Gasteiger partial charge >= 0.3 is 0 Å². The first-order valence-corrected chi connectivity index (χ1v) is 8.81. The summed E-state index contributed by atoms with van der Waals surface area (Å²) in [6, 6.07) is 9.90. The molecule has 1 amide bonds. The van der Waals surface area contributed by atoms with E-state index in [1.165, 1.54) is 11.9 Å². The Kier molecular flexibility index (Phi) is 4.36. The van der Waals surface area contributed by atoms with Gasteiger partial charge in [-0.3, -0.25) is 4.79 Å². The van der Waals surface area contributed by atoms with Gasteiger partial charge in [-0.1, -0.05) is 18.2 Å². The summed E-state index contributed by atoms with van der Waals surface area (Å²) in [5, 5.41) is 3.26. The van der Waals surface area contributed by atoms with Crippen molar-refractivity contribution < 1.29 is 9.53 Å². The zero-order chi connectivity index (χ0) is 17.2. The van der Waals surface area contributed by atoms with Crippen LogP contribution in [0.5, 0.6) is 0 Å². The molecule has 2 atom stereocenters. The van der Waals surface area contributed by atoms with Gasteiger partial charge in [-0.05, 0) is 37.8 Å². The van der Waals surface area contributed by atoms with Crippen LogP contribution in [0.1, 0.15) is 35.8 Å². The number of nitrogens with one attached hydrogen (secondary N) is 1. The van der Waals surface area contributed by atoms with Crippen LogP contribution in [0, 0.1) is 0 Å². The van der Waals surface area contributed by atoms with E-state index in [4.69, 9.17) is 4.74 Å². The Bertz CT molecular complexity index is 774. The zero-order valence-corrected chi connectivity index (χ0v) is 14.3. The maximum absolute atomic E-state index is 13.0. The lowest BCUT2D eigenvalue weighted by Gasteiger charge is -2.22. The van der Waals surface area contributed by atoms with Gasteiger partial charge in [-0.25, -0.2) is 9.97 Å². The molecular weight excluding hydrogens is 316 g/mol. The second-order valence-corrected chi connectivity index (χ2v) is 6.66. The lowest BCUT2D eigenvalue weighted by molar-refractivity contribution is 0.0976. The number of anilines is 2. The Balaban J connectivity index is 1.51. The molecule has 2 aliphatic rings. The molecular formula is C19H22N4O2. The standard InChI is InChI=1S/C19H22N4O2/c1-13-9-14-5-2-3-7-17(14)23(13)19(24)16-10-18(22-12-21-16)20-11-15-6-4-8-25-15/h2-3,5,7,10,12-13,15H,4,6,8-9,11H2,1H3,(H,20,21,22). The number of rotatable bonds is 4. The Morgan fingerprint density at radius 1 is 1.36 bits per heavy atom. The number of carbonyl (C=O) groups is 1. The molecule has 0 radical (unpaired) electrons. The van der Waals surface area contributed by atoms with Crippen LogP contribution in [0.15, 0.2) is 36.7 Å². The highest BCUT2D eigenvalue weighted by atomic mass is 16.5. The summed E-state index contributed by atoms with van der Waals surface area (Å²) in [6.45, 7) is 3.59. The number of amides is 1. The summed E-state index contributed by atoms with van der Waals surface area (Å²) in [5.74, 6) is 0.578. The van der Waals surface area contributed by atoms with Gasteiger partial charge in [0.25, 0.3) is 5.91 Å². The Hall–Kier alpha value is -2.47. The molecule has 6 nitrogen and oxygen atoms in total. The minimum Gasteiger partial charge on any atom is -0.376 e. The van der Waals surface area contributed by atoms with Crippen molar-refractivity contribution >= 4 is 17.4 Å². The maximum atomic E-state index is 13.0. The lowest BCUT2D eigenvalue weighted by atomic mass is 10.1. The molecule has 1 fully saturated rings. The van der Waals surface area contributed by atoms with Crippen LogP contribution in [-0.4, -0.2) is 41.2 Å². The summed E-state index contributed by atoms with van der Waals surface area (Å²) < 4.78 is 5.61. The molecule has 0 saturated carbocycles. The maximum Gasteiger partial charge on any atom is 0.277 e. The van der Waals surface area contributed by atoms with Gasteiger partial charge in [0.2, 0.25) is 0 Å². The molecule has 1 aromatic heterocycles. The molecule has 2 aliphatic heterocycles. The molecule has 6 heteroatoms. The van der Waals surface area contributed by atoms with Crippen LogP contribution in [0.2, 0.25) is 0 Å². The van der Waals surface area contributed by atoms with Gasteiger partial charge in [-0.15, -0.1) is 0 Å². The first kappa shape index (κ1) is 16.0. The minimum atomic E-state index is -0.0833. The van der Waals surface area contributed by atoms with E-state index in [2.05, 4.69) is 28.3 Å². The minimum absolute atomic E-state index is 0.0833. The SMILES string of the molecule is CC1Cc2ccccc2N1C(=O)c1cc(NCC2CCCO2)ncn1. The van der Waals surface area contributed by atoms with E-state index in [-0.39, 0.29) is 18.1 Å². The molecule has 1 aromatic carbocycles. The predicted octanol–water partition coefficient (Wildman–Crippen LogP) is 2.66. The fraction of sp³-hybridized carbons (Fsp3) is 0.421. The number of ether oxygens (including phenoxy) is 1. The van der Waals surface area contributed by atoms with Crippen LogP contribution < -0.4 is 10.2 Å². The van der Waals surface area contributed by atoms with Gasteiger partial charge in [-0.2, -0.15) is 0 Å². The molecule has 2 aromatic rings. The van der Waals surface area contributed by atoms with Gasteiger partial charge < -0.3 is 15.0 Å². The normalized spacial score (nSPS) is 22.0.